The minimum atomic E-state index is -0.389. The van der Waals surface area contributed by atoms with Gasteiger partial charge in [-0.15, -0.1) is 0 Å². The van der Waals surface area contributed by atoms with Crippen LogP contribution in [-0.2, 0) is 0 Å². The first-order chi connectivity index (χ1) is 7.72. The summed E-state index contributed by atoms with van der Waals surface area (Å²) in [6.45, 7) is 2.66. The summed E-state index contributed by atoms with van der Waals surface area (Å²) < 4.78 is 21.8. The molecule has 0 aliphatic carbocycles. The molecule has 84 valence electrons. The molecule has 0 spiro atoms. The molecule has 6 heteroatoms. The van der Waals surface area contributed by atoms with Crippen molar-refractivity contribution in [2.45, 2.75) is 6.92 Å². The molecule has 2 aromatic rings. The first kappa shape index (κ1) is 11.3. The molecule has 0 aliphatic rings. The monoisotopic (exact) mass is 257 g/mol. The Hall–Kier alpha value is -1.20. The summed E-state index contributed by atoms with van der Waals surface area (Å²) in [6.07, 6.45) is 0. The third kappa shape index (κ3) is 2.15. The van der Waals surface area contributed by atoms with Gasteiger partial charge in [-0.2, -0.15) is 8.75 Å². The second-order valence-corrected chi connectivity index (χ2v) is 4.08. The number of rotatable bonds is 3. The first-order valence-electron chi connectivity index (χ1n) is 4.74. The Balaban J connectivity index is 2.46. The quantitative estimate of drug-likeness (QED) is 0.915. The van der Waals surface area contributed by atoms with Gasteiger partial charge in [0, 0.05) is 17.1 Å². The molecule has 0 aliphatic heterocycles. The minimum absolute atomic E-state index is 0.370. The molecule has 0 bridgehead atoms. The maximum Gasteiger partial charge on any atom is 0.168 e. The molecule has 1 heterocycles. The van der Waals surface area contributed by atoms with Gasteiger partial charge in [-0.3, -0.25) is 0 Å². The van der Waals surface area contributed by atoms with Gasteiger partial charge in [0.2, 0.25) is 0 Å². The van der Waals surface area contributed by atoms with Crippen LogP contribution in [0.2, 0.25) is 5.02 Å². The number of hydrogen-bond acceptors (Lipinski definition) is 4. The number of anilines is 1. The lowest BCUT2D eigenvalue weighted by molar-refractivity contribution is 0.631. The van der Waals surface area contributed by atoms with Crippen LogP contribution in [-0.4, -0.2) is 15.3 Å². The Morgan fingerprint density at radius 2 is 2.25 bits per heavy atom. The normalized spacial score (nSPS) is 10.4. The SMILES string of the molecule is CCNc1nsnc1-c1ccc(Cl)cc1F. The van der Waals surface area contributed by atoms with Crippen LogP contribution in [0.15, 0.2) is 18.2 Å². The summed E-state index contributed by atoms with van der Waals surface area (Å²) in [7, 11) is 0. The van der Waals surface area contributed by atoms with Crippen LogP contribution in [0.4, 0.5) is 10.2 Å². The van der Waals surface area contributed by atoms with Gasteiger partial charge in [-0.25, -0.2) is 4.39 Å². The van der Waals surface area contributed by atoms with Gasteiger partial charge < -0.3 is 5.32 Å². The number of nitrogens with one attached hydrogen (secondary N) is 1. The molecule has 1 N–H and O–H groups in total. The van der Waals surface area contributed by atoms with Crippen LogP contribution in [0.1, 0.15) is 6.92 Å². The lowest BCUT2D eigenvalue weighted by Gasteiger charge is -2.03. The molecule has 0 atom stereocenters. The molecule has 0 radical (unpaired) electrons. The highest BCUT2D eigenvalue weighted by Crippen LogP contribution is 2.29. The maximum absolute atomic E-state index is 13.7. The number of nitrogens with zero attached hydrogens (tertiary/aromatic N) is 2. The van der Waals surface area contributed by atoms with Gasteiger partial charge >= 0.3 is 0 Å². The number of benzene rings is 1. The second-order valence-electron chi connectivity index (χ2n) is 3.12. The van der Waals surface area contributed by atoms with Crippen molar-refractivity contribution in [2.75, 3.05) is 11.9 Å². The fraction of sp³-hybridized carbons (Fsp3) is 0.200. The van der Waals surface area contributed by atoms with Gasteiger partial charge in [-0.05, 0) is 25.1 Å². The van der Waals surface area contributed by atoms with E-state index in [9.17, 15) is 4.39 Å². The van der Waals surface area contributed by atoms with E-state index in [1.54, 1.807) is 12.1 Å². The summed E-state index contributed by atoms with van der Waals surface area (Å²) in [6, 6.07) is 4.51. The zero-order valence-electron chi connectivity index (χ0n) is 8.50. The van der Waals surface area contributed by atoms with Crippen molar-refractivity contribution < 1.29 is 4.39 Å². The average molecular weight is 258 g/mol. The van der Waals surface area contributed by atoms with E-state index < -0.39 is 0 Å². The Bertz CT molecular complexity index is 501. The molecule has 0 fully saturated rings. The zero-order chi connectivity index (χ0) is 11.5. The molecule has 2 rings (SSSR count). The summed E-state index contributed by atoms with van der Waals surface area (Å²) in [4.78, 5) is 0. The molecule has 16 heavy (non-hydrogen) atoms. The van der Waals surface area contributed by atoms with Crippen LogP contribution in [0.25, 0.3) is 11.3 Å². The maximum atomic E-state index is 13.7. The van der Waals surface area contributed by atoms with Crippen molar-refractivity contribution in [3.63, 3.8) is 0 Å². The zero-order valence-corrected chi connectivity index (χ0v) is 10.1. The first-order valence-corrected chi connectivity index (χ1v) is 5.85. The Labute approximate surface area is 102 Å². The fourth-order valence-corrected chi connectivity index (χ4v) is 2.03. The van der Waals surface area contributed by atoms with Crippen molar-refractivity contribution in [1.29, 1.82) is 0 Å². The smallest absolute Gasteiger partial charge is 0.168 e. The van der Waals surface area contributed by atoms with Crippen LogP contribution >= 0.6 is 23.3 Å². The van der Waals surface area contributed by atoms with Gasteiger partial charge in [0.1, 0.15) is 11.5 Å². The largest absolute Gasteiger partial charge is 0.368 e. The highest BCUT2D eigenvalue weighted by atomic mass is 35.5. The predicted molar refractivity (Wildman–Crippen MR) is 64.5 cm³/mol. The standard InChI is InChI=1S/C10H9ClFN3S/c1-2-13-10-9(14-16-15-10)7-4-3-6(11)5-8(7)12/h3-5H,2H2,1H3,(H,13,15). The van der Waals surface area contributed by atoms with Crippen LogP contribution in [0.3, 0.4) is 0 Å². The van der Waals surface area contributed by atoms with E-state index in [1.807, 2.05) is 6.92 Å². The van der Waals surface area contributed by atoms with Crippen LogP contribution in [0.5, 0.6) is 0 Å². The molecule has 1 aromatic heterocycles. The Kier molecular flexibility index (Phi) is 3.36. The highest BCUT2D eigenvalue weighted by molar-refractivity contribution is 6.99. The van der Waals surface area contributed by atoms with Gasteiger partial charge in [0.25, 0.3) is 0 Å². The molecular formula is C10H9ClFN3S. The van der Waals surface area contributed by atoms with Gasteiger partial charge in [0.15, 0.2) is 5.82 Å². The van der Waals surface area contributed by atoms with Gasteiger partial charge in [0.05, 0.1) is 11.7 Å². The third-order valence-electron chi connectivity index (χ3n) is 2.02. The predicted octanol–water partition coefficient (Wildman–Crippen LogP) is 3.43. The third-order valence-corrected chi connectivity index (χ3v) is 2.78. The van der Waals surface area contributed by atoms with E-state index in [0.29, 0.717) is 28.6 Å². The second kappa shape index (κ2) is 4.76. The Morgan fingerprint density at radius 3 is 2.94 bits per heavy atom. The minimum Gasteiger partial charge on any atom is -0.368 e. The topological polar surface area (TPSA) is 37.8 Å². The van der Waals surface area contributed by atoms with E-state index >= 15 is 0 Å². The number of halogens is 2. The lowest BCUT2D eigenvalue weighted by atomic mass is 10.1. The summed E-state index contributed by atoms with van der Waals surface area (Å²) in [5, 5.41) is 3.40. The summed E-state index contributed by atoms with van der Waals surface area (Å²) in [5.74, 6) is 0.216. The van der Waals surface area contributed by atoms with E-state index in [4.69, 9.17) is 11.6 Å². The van der Waals surface area contributed by atoms with Crippen molar-refractivity contribution in [2.24, 2.45) is 0 Å². The van der Waals surface area contributed by atoms with Crippen LogP contribution in [0, 0.1) is 5.82 Å². The van der Waals surface area contributed by atoms with Crippen LogP contribution < -0.4 is 5.32 Å². The van der Waals surface area contributed by atoms with Crippen molar-refractivity contribution >= 4 is 29.1 Å². The van der Waals surface area contributed by atoms with Crippen molar-refractivity contribution in [1.82, 2.24) is 8.75 Å². The van der Waals surface area contributed by atoms with E-state index in [1.165, 1.54) is 6.07 Å². The van der Waals surface area contributed by atoms with Crippen molar-refractivity contribution in [3.05, 3.63) is 29.0 Å². The summed E-state index contributed by atoms with van der Waals surface area (Å²) in [5.41, 5.74) is 0.940. The van der Waals surface area contributed by atoms with E-state index in [2.05, 4.69) is 14.1 Å². The van der Waals surface area contributed by atoms with Crippen molar-refractivity contribution in [3.8, 4) is 11.3 Å². The molecule has 0 saturated carbocycles. The number of aromatic nitrogens is 2. The fourth-order valence-electron chi connectivity index (χ4n) is 1.33. The molecule has 0 saturated heterocycles. The average Bonchev–Trinajstić information content (AvgIpc) is 2.67. The molecular weight excluding hydrogens is 249 g/mol. The highest BCUT2D eigenvalue weighted by Gasteiger charge is 2.14. The molecule has 1 aromatic carbocycles. The Morgan fingerprint density at radius 1 is 1.44 bits per heavy atom. The molecule has 3 nitrogen and oxygen atoms in total. The van der Waals surface area contributed by atoms with Gasteiger partial charge in [-0.1, -0.05) is 11.6 Å². The summed E-state index contributed by atoms with van der Waals surface area (Å²) >= 11 is 6.74. The van der Waals surface area contributed by atoms with E-state index in [0.717, 1.165) is 11.7 Å². The van der Waals surface area contributed by atoms with E-state index in [-0.39, 0.29) is 5.82 Å². The molecule has 0 unspecified atom stereocenters. The molecule has 0 amide bonds. The lowest BCUT2D eigenvalue weighted by Crippen LogP contribution is -1.99. The number of hydrogen-bond donors (Lipinski definition) is 1.